The highest BCUT2D eigenvalue weighted by molar-refractivity contribution is 5.73. The van der Waals surface area contributed by atoms with Gasteiger partial charge in [0.1, 0.15) is 6.10 Å². The van der Waals surface area contributed by atoms with E-state index < -0.39 is 0 Å². The fraction of sp³-hybridized carbons (Fsp3) is 0.417. The summed E-state index contributed by atoms with van der Waals surface area (Å²) in [5, 5.41) is 0. The van der Waals surface area contributed by atoms with Crippen LogP contribution in [0.4, 0.5) is 0 Å². The lowest BCUT2D eigenvalue weighted by Gasteiger charge is -2.31. The Morgan fingerprint density at radius 3 is 2.80 bits per heavy atom. The molecule has 2 aliphatic rings. The average molecular weight is 204 g/mol. The van der Waals surface area contributed by atoms with Crippen LogP contribution in [0.5, 0.6) is 0 Å². The third kappa shape index (κ3) is 1.27. The van der Waals surface area contributed by atoms with Gasteiger partial charge in [-0.2, -0.15) is 0 Å². The van der Waals surface area contributed by atoms with E-state index in [0.717, 1.165) is 11.1 Å². The molecular formula is C12H12O3. The van der Waals surface area contributed by atoms with Crippen LogP contribution in [-0.2, 0) is 14.3 Å². The summed E-state index contributed by atoms with van der Waals surface area (Å²) >= 11 is 0. The Kier molecular flexibility index (Phi) is 1.83. The fourth-order valence-corrected chi connectivity index (χ4v) is 2.40. The summed E-state index contributed by atoms with van der Waals surface area (Å²) in [6, 6.07) is 8.00. The van der Waals surface area contributed by atoms with Gasteiger partial charge in [-0.15, -0.1) is 0 Å². The van der Waals surface area contributed by atoms with Crippen molar-refractivity contribution >= 4 is 5.97 Å². The first-order chi connectivity index (χ1) is 7.25. The van der Waals surface area contributed by atoms with Crippen LogP contribution in [0.25, 0.3) is 0 Å². The summed E-state index contributed by atoms with van der Waals surface area (Å²) in [5.41, 5.74) is 2.24. The number of carbonyl (C=O) groups is 1. The maximum Gasteiger partial charge on any atom is 0.309 e. The van der Waals surface area contributed by atoms with E-state index >= 15 is 0 Å². The number of ether oxygens (including phenoxy) is 2. The standard InChI is InChI=1S/C12H12O3/c1-7-8-4-2-3-5-9(8)12-10(14-7)6-11(13)15-12/h2-5,7,10,12H,6H2,1H3/t7-,10-,12-/m1/s1. The third-order valence-corrected chi connectivity index (χ3v) is 3.08. The van der Waals surface area contributed by atoms with Gasteiger partial charge in [0.05, 0.1) is 12.5 Å². The molecule has 1 aromatic rings. The highest BCUT2D eigenvalue weighted by Gasteiger charge is 2.42. The minimum atomic E-state index is -0.190. The predicted octanol–water partition coefficient (Wildman–Crippen LogP) is 2.13. The number of rotatable bonds is 0. The van der Waals surface area contributed by atoms with E-state index in [1.54, 1.807) is 0 Å². The van der Waals surface area contributed by atoms with Crippen molar-refractivity contribution in [1.82, 2.24) is 0 Å². The number of hydrogen-bond donors (Lipinski definition) is 0. The lowest BCUT2D eigenvalue weighted by atomic mass is 9.92. The number of fused-ring (bicyclic) bond motifs is 3. The largest absolute Gasteiger partial charge is 0.455 e. The van der Waals surface area contributed by atoms with Crippen molar-refractivity contribution in [3.05, 3.63) is 35.4 Å². The molecule has 0 radical (unpaired) electrons. The maximum atomic E-state index is 11.2. The first-order valence-corrected chi connectivity index (χ1v) is 5.19. The van der Waals surface area contributed by atoms with Crippen molar-refractivity contribution in [3.8, 4) is 0 Å². The van der Waals surface area contributed by atoms with E-state index in [2.05, 4.69) is 0 Å². The Hall–Kier alpha value is -1.35. The average Bonchev–Trinajstić information content (AvgIpc) is 2.59. The van der Waals surface area contributed by atoms with Crippen molar-refractivity contribution in [3.63, 3.8) is 0 Å². The van der Waals surface area contributed by atoms with E-state index in [-0.39, 0.29) is 24.3 Å². The first-order valence-electron chi connectivity index (χ1n) is 5.19. The molecule has 3 rings (SSSR count). The van der Waals surface area contributed by atoms with E-state index in [9.17, 15) is 4.79 Å². The van der Waals surface area contributed by atoms with E-state index in [1.807, 2.05) is 31.2 Å². The second-order valence-electron chi connectivity index (χ2n) is 4.06. The van der Waals surface area contributed by atoms with Gasteiger partial charge < -0.3 is 9.47 Å². The normalized spacial score (nSPS) is 33.1. The topological polar surface area (TPSA) is 35.5 Å². The fourth-order valence-electron chi connectivity index (χ4n) is 2.40. The van der Waals surface area contributed by atoms with Gasteiger partial charge in [-0.3, -0.25) is 4.79 Å². The summed E-state index contributed by atoms with van der Waals surface area (Å²) in [4.78, 5) is 11.2. The second-order valence-corrected chi connectivity index (χ2v) is 4.06. The molecule has 78 valence electrons. The molecule has 0 saturated carbocycles. The summed E-state index contributed by atoms with van der Waals surface area (Å²) < 4.78 is 11.0. The smallest absolute Gasteiger partial charge is 0.309 e. The first kappa shape index (κ1) is 8.92. The zero-order valence-corrected chi connectivity index (χ0v) is 8.47. The van der Waals surface area contributed by atoms with Crippen molar-refractivity contribution in [2.24, 2.45) is 0 Å². The van der Waals surface area contributed by atoms with Crippen molar-refractivity contribution in [1.29, 1.82) is 0 Å². The molecular weight excluding hydrogens is 192 g/mol. The minimum Gasteiger partial charge on any atom is -0.455 e. The van der Waals surface area contributed by atoms with E-state index in [4.69, 9.17) is 9.47 Å². The van der Waals surface area contributed by atoms with Crippen LogP contribution in [0.1, 0.15) is 36.7 Å². The van der Waals surface area contributed by atoms with Gasteiger partial charge in [0.25, 0.3) is 0 Å². The molecule has 1 saturated heterocycles. The Morgan fingerprint density at radius 1 is 1.27 bits per heavy atom. The van der Waals surface area contributed by atoms with Crippen LogP contribution in [-0.4, -0.2) is 12.1 Å². The Bertz CT molecular complexity index is 413. The predicted molar refractivity (Wildman–Crippen MR) is 53.2 cm³/mol. The molecule has 1 fully saturated rings. The van der Waals surface area contributed by atoms with Gasteiger partial charge in [-0.05, 0) is 12.5 Å². The SMILES string of the molecule is C[C@H]1O[C@@H]2CC(=O)O[C@@H]2c2ccccc21. The van der Waals surface area contributed by atoms with Crippen molar-refractivity contribution < 1.29 is 14.3 Å². The van der Waals surface area contributed by atoms with Gasteiger partial charge >= 0.3 is 5.97 Å². The molecule has 3 atom stereocenters. The third-order valence-electron chi connectivity index (χ3n) is 3.08. The van der Waals surface area contributed by atoms with E-state index in [0.29, 0.717) is 6.42 Å². The van der Waals surface area contributed by atoms with Crippen LogP contribution < -0.4 is 0 Å². The van der Waals surface area contributed by atoms with Crippen molar-refractivity contribution in [2.75, 3.05) is 0 Å². The monoisotopic (exact) mass is 204 g/mol. The molecule has 0 unspecified atom stereocenters. The van der Waals surface area contributed by atoms with Crippen LogP contribution in [0.2, 0.25) is 0 Å². The molecule has 3 nitrogen and oxygen atoms in total. The second kappa shape index (κ2) is 3.07. The minimum absolute atomic E-state index is 0.0527. The zero-order valence-electron chi connectivity index (χ0n) is 8.47. The quantitative estimate of drug-likeness (QED) is 0.607. The van der Waals surface area contributed by atoms with Gasteiger partial charge in [-0.25, -0.2) is 0 Å². The summed E-state index contributed by atoms with van der Waals surface area (Å²) in [6.07, 6.45) is 0.146. The number of benzene rings is 1. The lowest BCUT2D eigenvalue weighted by molar-refractivity contribution is -0.143. The Labute approximate surface area is 88.0 Å². The Morgan fingerprint density at radius 2 is 2.00 bits per heavy atom. The molecule has 2 aliphatic heterocycles. The molecule has 0 aliphatic carbocycles. The van der Waals surface area contributed by atoms with Gasteiger partial charge in [0.2, 0.25) is 0 Å². The van der Waals surface area contributed by atoms with Crippen LogP contribution in [0.15, 0.2) is 24.3 Å². The van der Waals surface area contributed by atoms with Crippen molar-refractivity contribution in [2.45, 2.75) is 31.7 Å². The molecule has 15 heavy (non-hydrogen) atoms. The molecule has 1 aromatic carbocycles. The molecule has 0 amide bonds. The summed E-state index contributed by atoms with van der Waals surface area (Å²) in [7, 11) is 0. The Balaban J connectivity index is 2.08. The summed E-state index contributed by atoms with van der Waals surface area (Å²) in [5.74, 6) is -0.158. The molecule has 3 heteroatoms. The molecule has 2 heterocycles. The van der Waals surface area contributed by atoms with Gasteiger partial charge in [0.15, 0.2) is 6.10 Å². The number of carbonyl (C=O) groups excluding carboxylic acids is 1. The highest BCUT2D eigenvalue weighted by atomic mass is 16.6. The van der Waals surface area contributed by atoms with E-state index in [1.165, 1.54) is 0 Å². The molecule has 0 aromatic heterocycles. The van der Waals surface area contributed by atoms with Crippen LogP contribution in [0, 0.1) is 0 Å². The highest BCUT2D eigenvalue weighted by Crippen LogP contribution is 2.42. The van der Waals surface area contributed by atoms with Gasteiger partial charge in [-0.1, -0.05) is 24.3 Å². The molecule has 0 N–H and O–H groups in total. The summed E-state index contributed by atoms with van der Waals surface area (Å²) in [6.45, 7) is 2.01. The molecule has 0 spiro atoms. The van der Waals surface area contributed by atoms with Crippen LogP contribution in [0.3, 0.4) is 0 Å². The number of esters is 1. The molecule has 0 bridgehead atoms. The maximum absolute atomic E-state index is 11.2. The number of hydrogen-bond acceptors (Lipinski definition) is 3. The zero-order chi connectivity index (χ0) is 10.4. The lowest BCUT2D eigenvalue weighted by Crippen LogP contribution is -2.26. The van der Waals surface area contributed by atoms with Gasteiger partial charge in [0, 0.05) is 5.56 Å². The van der Waals surface area contributed by atoms with Crippen LogP contribution >= 0.6 is 0 Å².